The van der Waals surface area contributed by atoms with Crippen molar-refractivity contribution in [1.82, 2.24) is 0 Å². The Balaban J connectivity index is 1.97. The number of carbonyl (C=O) groups excluding carboxylic acids is 1. The zero-order valence-electron chi connectivity index (χ0n) is 10.9. The van der Waals surface area contributed by atoms with E-state index in [0.717, 1.165) is 11.6 Å². The summed E-state index contributed by atoms with van der Waals surface area (Å²) in [6.45, 7) is -0.105. The summed E-state index contributed by atoms with van der Waals surface area (Å²) >= 11 is 0. The molecule has 2 aromatic carbocycles. The fourth-order valence-electron chi connectivity index (χ4n) is 1.63. The van der Waals surface area contributed by atoms with E-state index in [9.17, 15) is 18.0 Å². The minimum Gasteiger partial charge on any atom is -0.458 e. The first-order valence-electron chi connectivity index (χ1n) is 6.12. The average molecular weight is 292 g/mol. The highest BCUT2D eigenvalue weighted by atomic mass is 19.2. The van der Waals surface area contributed by atoms with E-state index in [4.69, 9.17) is 4.74 Å². The van der Waals surface area contributed by atoms with Crippen LogP contribution < -0.4 is 0 Å². The van der Waals surface area contributed by atoms with Gasteiger partial charge in [-0.05, 0) is 23.8 Å². The van der Waals surface area contributed by atoms with E-state index in [1.807, 2.05) is 30.3 Å². The first kappa shape index (κ1) is 14.8. The zero-order valence-corrected chi connectivity index (χ0v) is 10.9. The Kier molecular flexibility index (Phi) is 4.77. The Morgan fingerprint density at radius 1 is 1.00 bits per heavy atom. The van der Waals surface area contributed by atoms with Gasteiger partial charge in [0.05, 0.1) is 5.56 Å². The third-order valence-electron chi connectivity index (χ3n) is 2.68. The highest BCUT2D eigenvalue weighted by Crippen LogP contribution is 2.16. The molecule has 2 aromatic rings. The molecule has 0 aliphatic rings. The molecule has 0 radical (unpaired) electrons. The van der Waals surface area contributed by atoms with Crippen LogP contribution in [0.2, 0.25) is 0 Å². The van der Waals surface area contributed by atoms with Gasteiger partial charge in [-0.1, -0.05) is 36.4 Å². The molecular weight excluding hydrogens is 281 g/mol. The first-order chi connectivity index (χ1) is 10.1. The summed E-state index contributed by atoms with van der Waals surface area (Å²) in [6, 6.07) is 10.8. The van der Waals surface area contributed by atoms with Crippen molar-refractivity contribution in [1.29, 1.82) is 0 Å². The summed E-state index contributed by atoms with van der Waals surface area (Å²) in [5.74, 6) is -5.64. The third kappa shape index (κ3) is 3.72. The molecule has 0 aromatic heterocycles. The van der Waals surface area contributed by atoms with Crippen molar-refractivity contribution in [2.24, 2.45) is 0 Å². The Bertz CT molecular complexity index is 667. The summed E-state index contributed by atoms with van der Waals surface area (Å²) < 4.78 is 43.9. The van der Waals surface area contributed by atoms with E-state index in [-0.39, 0.29) is 6.61 Å². The van der Waals surface area contributed by atoms with E-state index in [2.05, 4.69) is 0 Å². The summed E-state index contributed by atoms with van der Waals surface area (Å²) in [5, 5.41) is 0. The number of hydrogen-bond acceptors (Lipinski definition) is 2. The minimum absolute atomic E-state index is 0.105. The molecule has 0 saturated carbocycles. The van der Waals surface area contributed by atoms with Crippen molar-refractivity contribution in [3.63, 3.8) is 0 Å². The van der Waals surface area contributed by atoms with Gasteiger partial charge in [0.2, 0.25) is 0 Å². The topological polar surface area (TPSA) is 26.3 Å². The number of rotatable bonds is 4. The van der Waals surface area contributed by atoms with Crippen LogP contribution in [0.3, 0.4) is 0 Å². The van der Waals surface area contributed by atoms with Crippen LogP contribution in [0.5, 0.6) is 0 Å². The Labute approximate surface area is 119 Å². The maximum atomic E-state index is 13.4. The summed E-state index contributed by atoms with van der Waals surface area (Å²) in [5.41, 5.74) is 0.273. The Hall–Kier alpha value is -2.56. The van der Waals surface area contributed by atoms with Gasteiger partial charge in [0.15, 0.2) is 17.5 Å². The van der Waals surface area contributed by atoms with Crippen molar-refractivity contribution >= 4 is 12.0 Å². The lowest BCUT2D eigenvalue weighted by Gasteiger charge is -2.04. The largest absolute Gasteiger partial charge is 0.458 e. The molecule has 5 heteroatoms. The predicted octanol–water partition coefficient (Wildman–Crippen LogP) is 3.97. The monoisotopic (exact) mass is 292 g/mol. The Morgan fingerprint density at radius 2 is 1.71 bits per heavy atom. The van der Waals surface area contributed by atoms with Gasteiger partial charge in [0.25, 0.3) is 0 Å². The number of halogens is 3. The second-order valence-electron chi connectivity index (χ2n) is 4.13. The average Bonchev–Trinajstić information content (AvgIpc) is 2.50. The lowest BCUT2D eigenvalue weighted by atomic mass is 10.2. The third-order valence-corrected chi connectivity index (χ3v) is 2.68. The van der Waals surface area contributed by atoms with Crippen molar-refractivity contribution in [2.75, 3.05) is 6.61 Å². The van der Waals surface area contributed by atoms with Crippen molar-refractivity contribution in [2.45, 2.75) is 0 Å². The first-order valence-corrected chi connectivity index (χ1v) is 6.12. The van der Waals surface area contributed by atoms with Crippen LogP contribution in [-0.4, -0.2) is 12.6 Å². The molecule has 0 atom stereocenters. The fourth-order valence-corrected chi connectivity index (χ4v) is 1.63. The fraction of sp³-hybridized carbons (Fsp3) is 0.0625. The van der Waals surface area contributed by atoms with Gasteiger partial charge >= 0.3 is 5.97 Å². The van der Waals surface area contributed by atoms with E-state index in [1.54, 1.807) is 12.2 Å². The SMILES string of the molecule is O=C(OC/C=C/c1ccccc1)c1ccc(F)c(F)c1F. The van der Waals surface area contributed by atoms with Crippen LogP contribution in [0.25, 0.3) is 6.08 Å². The summed E-state index contributed by atoms with van der Waals surface area (Å²) in [4.78, 5) is 11.6. The molecular formula is C16H11F3O2. The van der Waals surface area contributed by atoms with Gasteiger partial charge in [0.1, 0.15) is 6.61 Å². The second kappa shape index (κ2) is 6.74. The van der Waals surface area contributed by atoms with Crippen LogP contribution in [0.4, 0.5) is 13.2 Å². The highest BCUT2D eigenvalue weighted by molar-refractivity contribution is 5.89. The molecule has 0 unspecified atom stereocenters. The van der Waals surface area contributed by atoms with E-state index >= 15 is 0 Å². The van der Waals surface area contributed by atoms with Crippen LogP contribution in [0.1, 0.15) is 15.9 Å². The van der Waals surface area contributed by atoms with Crippen molar-refractivity contribution in [3.8, 4) is 0 Å². The van der Waals surface area contributed by atoms with Gasteiger partial charge in [-0.2, -0.15) is 0 Å². The molecule has 0 aliphatic heterocycles. The standard InChI is InChI=1S/C16H11F3O2/c17-13-9-8-12(14(18)15(13)19)16(20)21-10-4-7-11-5-2-1-3-6-11/h1-9H,10H2/b7-4+. The van der Waals surface area contributed by atoms with E-state index in [0.29, 0.717) is 6.07 Å². The van der Waals surface area contributed by atoms with Crippen molar-refractivity contribution < 1.29 is 22.7 Å². The van der Waals surface area contributed by atoms with Gasteiger partial charge < -0.3 is 4.74 Å². The lowest BCUT2D eigenvalue weighted by molar-refractivity contribution is 0.0543. The maximum Gasteiger partial charge on any atom is 0.341 e. The van der Waals surface area contributed by atoms with Crippen LogP contribution in [-0.2, 0) is 4.74 Å². The molecule has 108 valence electrons. The summed E-state index contributed by atoms with van der Waals surface area (Å²) in [6.07, 6.45) is 3.28. The van der Waals surface area contributed by atoms with Gasteiger partial charge in [0, 0.05) is 0 Å². The predicted molar refractivity (Wildman–Crippen MR) is 72.1 cm³/mol. The quantitative estimate of drug-likeness (QED) is 0.629. The molecule has 0 aliphatic carbocycles. The maximum absolute atomic E-state index is 13.4. The van der Waals surface area contributed by atoms with Gasteiger partial charge in [-0.3, -0.25) is 0 Å². The highest BCUT2D eigenvalue weighted by Gasteiger charge is 2.19. The number of carbonyl (C=O) groups is 1. The van der Waals surface area contributed by atoms with Crippen molar-refractivity contribution in [3.05, 3.63) is 77.1 Å². The van der Waals surface area contributed by atoms with Crippen LogP contribution in [0, 0.1) is 17.5 Å². The molecule has 21 heavy (non-hydrogen) atoms. The van der Waals surface area contributed by atoms with Crippen LogP contribution >= 0.6 is 0 Å². The number of ether oxygens (including phenoxy) is 1. The smallest absolute Gasteiger partial charge is 0.341 e. The molecule has 0 amide bonds. The molecule has 0 spiro atoms. The molecule has 0 heterocycles. The molecule has 0 fully saturated rings. The van der Waals surface area contributed by atoms with Crippen LogP contribution in [0.15, 0.2) is 48.5 Å². The molecule has 2 nitrogen and oxygen atoms in total. The summed E-state index contributed by atoms with van der Waals surface area (Å²) in [7, 11) is 0. The molecule has 2 rings (SSSR count). The molecule has 0 N–H and O–H groups in total. The lowest BCUT2D eigenvalue weighted by Crippen LogP contribution is -2.09. The Morgan fingerprint density at radius 3 is 2.43 bits per heavy atom. The molecule has 0 bridgehead atoms. The second-order valence-corrected chi connectivity index (χ2v) is 4.13. The molecule has 0 saturated heterocycles. The van der Waals surface area contributed by atoms with E-state index < -0.39 is 29.0 Å². The number of esters is 1. The van der Waals surface area contributed by atoms with Gasteiger partial charge in [-0.25, -0.2) is 18.0 Å². The number of benzene rings is 2. The normalized spacial score (nSPS) is 10.8. The van der Waals surface area contributed by atoms with E-state index in [1.165, 1.54) is 0 Å². The zero-order chi connectivity index (χ0) is 15.2. The van der Waals surface area contributed by atoms with Gasteiger partial charge in [-0.15, -0.1) is 0 Å². The minimum atomic E-state index is -1.69. The number of hydrogen-bond donors (Lipinski definition) is 0.